The van der Waals surface area contributed by atoms with Gasteiger partial charge in [-0.1, -0.05) is 6.07 Å². The zero-order valence-electron chi connectivity index (χ0n) is 16.9. The van der Waals surface area contributed by atoms with Gasteiger partial charge in [-0.25, -0.2) is 9.97 Å². The Hall–Kier alpha value is -3.23. The van der Waals surface area contributed by atoms with Gasteiger partial charge in [0.05, 0.1) is 6.42 Å². The number of hydrogen-bond donors (Lipinski definition) is 2. The summed E-state index contributed by atoms with van der Waals surface area (Å²) in [7, 11) is 0. The summed E-state index contributed by atoms with van der Waals surface area (Å²) in [6.07, 6.45) is 5.80. The van der Waals surface area contributed by atoms with E-state index in [4.69, 9.17) is 5.73 Å². The van der Waals surface area contributed by atoms with Crippen LogP contribution in [0.2, 0.25) is 0 Å². The first kappa shape index (κ1) is 19.1. The van der Waals surface area contributed by atoms with Crippen molar-refractivity contribution in [1.82, 2.24) is 29.9 Å². The molecule has 1 amide bonds. The third kappa shape index (κ3) is 4.13. The van der Waals surface area contributed by atoms with Gasteiger partial charge >= 0.3 is 0 Å². The molecule has 3 aromatic heterocycles. The van der Waals surface area contributed by atoms with Gasteiger partial charge in [-0.15, -0.1) is 5.10 Å². The van der Waals surface area contributed by atoms with Gasteiger partial charge in [0.25, 0.3) is 5.78 Å². The van der Waals surface area contributed by atoms with Crippen LogP contribution in [0.1, 0.15) is 41.8 Å². The Bertz CT molecular complexity index is 1020. The molecule has 152 valence electrons. The van der Waals surface area contributed by atoms with E-state index in [1.54, 1.807) is 4.52 Å². The molecular formula is C20H26N8O. The van der Waals surface area contributed by atoms with Crippen molar-refractivity contribution in [2.24, 2.45) is 0 Å². The van der Waals surface area contributed by atoms with Gasteiger partial charge < -0.3 is 16.0 Å². The molecule has 3 N–H and O–H groups in total. The summed E-state index contributed by atoms with van der Waals surface area (Å²) < 4.78 is 1.58. The smallest absolute Gasteiger partial charge is 0.254 e. The van der Waals surface area contributed by atoms with E-state index in [9.17, 15) is 4.79 Å². The molecule has 9 heteroatoms. The number of aryl methyl sites for hydroxylation is 2. The zero-order valence-corrected chi connectivity index (χ0v) is 16.9. The molecule has 1 saturated heterocycles. The lowest BCUT2D eigenvalue weighted by molar-refractivity contribution is -0.120. The fourth-order valence-corrected chi connectivity index (χ4v) is 3.73. The minimum Gasteiger partial charge on any atom is -0.366 e. The topological polar surface area (TPSA) is 114 Å². The lowest BCUT2D eigenvalue weighted by Gasteiger charge is -2.27. The second-order valence-electron chi connectivity index (χ2n) is 7.47. The van der Waals surface area contributed by atoms with E-state index in [2.05, 4.69) is 30.3 Å². The molecule has 0 bridgehead atoms. The Morgan fingerprint density at radius 2 is 1.97 bits per heavy atom. The zero-order chi connectivity index (χ0) is 20.4. The number of anilines is 2. The number of rotatable bonds is 5. The van der Waals surface area contributed by atoms with E-state index in [0.29, 0.717) is 12.3 Å². The van der Waals surface area contributed by atoms with Gasteiger partial charge in [-0.05, 0) is 44.7 Å². The molecule has 0 radical (unpaired) electrons. The van der Waals surface area contributed by atoms with Gasteiger partial charge in [-0.2, -0.15) is 9.50 Å². The highest BCUT2D eigenvalue weighted by Crippen LogP contribution is 2.18. The number of aromatic nitrogens is 5. The lowest BCUT2D eigenvalue weighted by atomic mass is 10.1. The van der Waals surface area contributed by atoms with Gasteiger partial charge in [-0.3, -0.25) is 4.79 Å². The van der Waals surface area contributed by atoms with E-state index in [1.807, 2.05) is 32.2 Å². The molecule has 9 nitrogen and oxygen atoms in total. The Morgan fingerprint density at radius 1 is 1.17 bits per heavy atom. The average Bonchev–Trinajstić information content (AvgIpc) is 3.11. The number of nitrogens with two attached hydrogens (primary N) is 1. The van der Waals surface area contributed by atoms with Crippen molar-refractivity contribution in [2.45, 2.75) is 46.1 Å². The van der Waals surface area contributed by atoms with E-state index in [1.165, 1.54) is 19.3 Å². The van der Waals surface area contributed by atoms with Crippen molar-refractivity contribution in [3.8, 4) is 0 Å². The van der Waals surface area contributed by atoms with Crippen molar-refractivity contribution >= 4 is 23.5 Å². The van der Waals surface area contributed by atoms with Crippen molar-refractivity contribution < 1.29 is 4.79 Å². The summed E-state index contributed by atoms with van der Waals surface area (Å²) in [5.41, 5.74) is 9.04. The maximum Gasteiger partial charge on any atom is 0.254 e. The number of fused-ring (bicyclic) bond motifs is 1. The monoisotopic (exact) mass is 394 g/mol. The second kappa shape index (κ2) is 8.02. The molecule has 3 aromatic rings. The molecule has 0 aromatic carbocycles. The number of pyridine rings is 1. The third-order valence-corrected chi connectivity index (χ3v) is 5.38. The Balaban J connectivity index is 1.38. The number of amides is 1. The van der Waals surface area contributed by atoms with Gasteiger partial charge in [0.15, 0.2) is 0 Å². The molecule has 0 atom stereocenters. The Labute approximate surface area is 169 Å². The lowest BCUT2D eigenvalue weighted by Crippen LogP contribution is -2.30. The number of hydrogen-bond acceptors (Lipinski definition) is 7. The first-order valence-corrected chi connectivity index (χ1v) is 9.96. The molecule has 4 heterocycles. The van der Waals surface area contributed by atoms with E-state index >= 15 is 0 Å². The predicted octanol–water partition coefficient (Wildman–Crippen LogP) is 1.57. The molecular weight excluding hydrogens is 368 g/mol. The Morgan fingerprint density at radius 3 is 2.69 bits per heavy atom. The number of carbonyl (C=O) groups is 1. The van der Waals surface area contributed by atoms with Crippen LogP contribution in [-0.2, 0) is 17.8 Å². The number of nitrogens with zero attached hydrogens (tertiary/aromatic N) is 6. The van der Waals surface area contributed by atoms with Crippen LogP contribution in [0.3, 0.4) is 0 Å². The first-order chi connectivity index (χ1) is 14.0. The summed E-state index contributed by atoms with van der Waals surface area (Å²) >= 11 is 0. The van der Waals surface area contributed by atoms with E-state index in [-0.39, 0.29) is 18.3 Å². The number of carbonyl (C=O) groups excluding carboxylic acids is 1. The van der Waals surface area contributed by atoms with Crippen LogP contribution in [0, 0.1) is 13.8 Å². The summed E-state index contributed by atoms with van der Waals surface area (Å²) in [5.74, 6) is 1.55. The minimum absolute atomic E-state index is 0.0782. The highest BCUT2D eigenvalue weighted by molar-refractivity contribution is 5.79. The molecule has 0 aliphatic carbocycles. The standard InChI is InChI=1S/C20H26N8O/c1-13-16(14(2)28-20(24-13)25-19(21)26-28)10-18(29)23-12-15-6-7-17(22-11-15)27-8-4-3-5-9-27/h6-7,11H,3-5,8-10,12H2,1-2H3,(H2,21,26)(H,23,29). The molecule has 0 saturated carbocycles. The second-order valence-corrected chi connectivity index (χ2v) is 7.47. The van der Waals surface area contributed by atoms with E-state index < -0.39 is 0 Å². The first-order valence-electron chi connectivity index (χ1n) is 9.96. The predicted molar refractivity (Wildman–Crippen MR) is 111 cm³/mol. The normalized spacial score (nSPS) is 14.3. The summed E-state index contributed by atoms with van der Waals surface area (Å²) in [5, 5.41) is 7.10. The maximum atomic E-state index is 12.5. The van der Waals surface area contributed by atoms with Crippen LogP contribution in [0.15, 0.2) is 18.3 Å². The minimum atomic E-state index is -0.0782. The van der Waals surface area contributed by atoms with Crippen LogP contribution in [-0.4, -0.2) is 43.6 Å². The fraction of sp³-hybridized carbons (Fsp3) is 0.450. The van der Waals surface area contributed by atoms with Crippen LogP contribution in [0.5, 0.6) is 0 Å². The van der Waals surface area contributed by atoms with Gasteiger partial charge in [0.1, 0.15) is 5.82 Å². The van der Waals surface area contributed by atoms with Crippen molar-refractivity contribution in [1.29, 1.82) is 0 Å². The number of nitrogens with one attached hydrogen (secondary N) is 1. The third-order valence-electron chi connectivity index (χ3n) is 5.38. The van der Waals surface area contributed by atoms with E-state index in [0.717, 1.165) is 41.4 Å². The van der Waals surface area contributed by atoms with Crippen LogP contribution in [0.25, 0.3) is 5.78 Å². The van der Waals surface area contributed by atoms with Crippen LogP contribution in [0.4, 0.5) is 11.8 Å². The summed E-state index contributed by atoms with van der Waals surface area (Å²) in [4.78, 5) is 27.9. The molecule has 1 aliphatic rings. The van der Waals surface area contributed by atoms with Crippen LogP contribution < -0.4 is 16.0 Å². The van der Waals surface area contributed by atoms with Crippen LogP contribution >= 0.6 is 0 Å². The fourth-order valence-electron chi connectivity index (χ4n) is 3.73. The average molecular weight is 394 g/mol. The molecule has 0 spiro atoms. The molecule has 0 unspecified atom stereocenters. The SMILES string of the molecule is Cc1nc2nc(N)nn2c(C)c1CC(=O)NCc1ccc(N2CCCCC2)nc1. The van der Waals surface area contributed by atoms with Crippen molar-refractivity contribution in [3.63, 3.8) is 0 Å². The number of nitrogen functional groups attached to an aromatic ring is 1. The highest BCUT2D eigenvalue weighted by Gasteiger charge is 2.16. The summed E-state index contributed by atoms with van der Waals surface area (Å²) in [6, 6.07) is 4.06. The largest absolute Gasteiger partial charge is 0.366 e. The molecule has 4 rings (SSSR count). The summed E-state index contributed by atoms with van der Waals surface area (Å²) in [6.45, 7) is 6.33. The van der Waals surface area contributed by atoms with Gasteiger partial charge in [0.2, 0.25) is 11.9 Å². The highest BCUT2D eigenvalue weighted by atomic mass is 16.1. The maximum absolute atomic E-state index is 12.5. The quantitative estimate of drug-likeness (QED) is 0.675. The van der Waals surface area contributed by atoms with Crippen molar-refractivity contribution in [3.05, 3.63) is 40.8 Å². The van der Waals surface area contributed by atoms with Crippen molar-refractivity contribution in [2.75, 3.05) is 23.7 Å². The molecule has 1 fully saturated rings. The number of piperidine rings is 1. The molecule has 29 heavy (non-hydrogen) atoms. The Kier molecular flexibility index (Phi) is 5.28. The van der Waals surface area contributed by atoms with Gasteiger partial charge in [0, 0.05) is 42.8 Å². The molecule has 1 aliphatic heterocycles.